The molecule has 3 rings (SSSR count). The van der Waals surface area contributed by atoms with Gasteiger partial charge in [-0.25, -0.2) is 4.39 Å². The number of aryl methyl sites for hydroxylation is 1. The Kier molecular flexibility index (Phi) is 4.11. The van der Waals surface area contributed by atoms with E-state index in [9.17, 15) is 4.39 Å². The maximum absolute atomic E-state index is 13.0. The van der Waals surface area contributed by atoms with Crippen molar-refractivity contribution in [2.75, 3.05) is 0 Å². The van der Waals surface area contributed by atoms with E-state index in [1.54, 1.807) is 11.3 Å². The molecule has 1 aliphatic rings. The van der Waals surface area contributed by atoms with Gasteiger partial charge in [-0.05, 0) is 55.5 Å². The summed E-state index contributed by atoms with van der Waals surface area (Å²) in [5.41, 5.74) is 2.46. The second kappa shape index (κ2) is 5.84. The molecule has 106 valence electrons. The Morgan fingerprint density at radius 1 is 1.35 bits per heavy atom. The van der Waals surface area contributed by atoms with Crippen LogP contribution in [0.15, 0.2) is 30.3 Å². The van der Waals surface area contributed by atoms with Crippen molar-refractivity contribution in [3.63, 3.8) is 0 Å². The van der Waals surface area contributed by atoms with Crippen LogP contribution in [0.1, 0.15) is 47.9 Å². The quantitative estimate of drug-likeness (QED) is 0.814. The lowest BCUT2D eigenvalue weighted by molar-refractivity contribution is 0.418. The molecule has 1 aliphatic carbocycles. The second-order valence-corrected chi connectivity index (χ2v) is 7.08. The third kappa shape index (κ3) is 2.90. The van der Waals surface area contributed by atoms with Crippen LogP contribution in [-0.4, -0.2) is 0 Å². The summed E-state index contributed by atoms with van der Waals surface area (Å²) in [6, 6.07) is 9.36. The Balaban J connectivity index is 1.76. The van der Waals surface area contributed by atoms with Crippen LogP contribution in [-0.2, 0) is 6.42 Å². The molecule has 1 aromatic heterocycles. The number of benzene rings is 1. The summed E-state index contributed by atoms with van der Waals surface area (Å²) < 4.78 is 13.8. The van der Waals surface area contributed by atoms with Gasteiger partial charge in [-0.15, -0.1) is 11.3 Å². The first-order valence-corrected chi connectivity index (χ1v) is 8.12. The van der Waals surface area contributed by atoms with Crippen molar-refractivity contribution in [2.45, 2.75) is 38.3 Å². The zero-order chi connectivity index (χ0) is 14.1. The van der Waals surface area contributed by atoms with Crippen molar-refractivity contribution in [1.82, 2.24) is 5.32 Å². The summed E-state index contributed by atoms with van der Waals surface area (Å²) in [6.45, 7) is 2.12. The molecule has 1 nitrogen and oxygen atoms in total. The minimum absolute atomic E-state index is 0.189. The van der Waals surface area contributed by atoms with Gasteiger partial charge in [0.2, 0.25) is 0 Å². The lowest BCUT2D eigenvalue weighted by Crippen LogP contribution is -2.27. The lowest BCUT2D eigenvalue weighted by Gasteiger charge is -2.27. The number of hydrogen-bond donors (Lipinski definition) is 1. The van der Waals surface area contributed by atoms with Gasteiger partial charge in [-0.1, -0.05) is 23.7 Å². The normalized spacial score (nSPS) is 19.6. The fraction of sp³-hybridized carbons (Fsp3) is 0.375. The molecular weight excluding hydrogens is 293 g/mol. The van der Waals surface area contributed by atoms with E-state index in [4.69, 9.17) is 11.6 Å². The molecule has 0 amide bonds. The highest BCUT2D eigenvalue weighted by atomic mass is 35.5. The molecule has 4 heteroatoms. The highest BCUT2D eigenvalue weighted by Crippen LogP contribution is 2.38. The molecule has 2 unspecified atom stereocenters. The Hall–Kier alpha value is -0.900. The highest BCUT2D eigenvalue weighted by Gasteiger charge is 2.24. The predicted molar refractivity (Wildman–Crippen MR) is 83.0 cm³/mol. The van der Waals surface area contributed by atoms with Gasteiger partial charge in [0.05, 0.1) is 4.34 Å². The summed E-state index contributed by atoms with van der Waals surface area (Å²) in [6.07, 6.45) is 3.46. The van der Waals surface area contributed by atoms with Crippen molar-refractivity contribution in [3.8, 4) is 0 Å². The van der Waals surface area contributed by atoms with Crippen LogP contribution in [0.2, 0.25) is 4.34 Å². The van der Waals surface area contributed by atoms with Gasteiger partial charge in [-0.3, -0.25) is 0 Å². The van der Waals surface area contributed by atoms with Crippen LogP contribution in [0.4, 0.5) is 4.39 Å². The van der Waals surface area contributed by atoms with E-state index in [0.29, 0.717) is 6.04 Å². The van der Waals surface area contributed by atoms with Gasteiger partial charge in [0.1, 0.15) is 5.82 Å². The van der Waals surface area contributed by atoms with Crippen LogP contribution in [0, 0.1) is 5.82 Å². The van der Waals surface area contributed by atoms with Crippen LogP contribution in [0.25, 0.3) is 0 Å². The first-order valence-electron chi connectivity index (χ1n) is 6.93. The number of rotatable bonds is 3. The van der Waals surface area contributed by atoms with E-state index in [1.165, 1.54) is 29.0 Å². The van der Waals surface area contributed by atoms with Crippen molar-refractivity contribution in [1.29, 1.82) is 0 Å². The standard InChI is InChI=1S/C16H17ClFNS/c1-10(11-5-7-12(18)8-6-11)19-14-3-2-4-15-13(14)9-16(17)20-15/h5-10,14,19H,2-4H2,1H3. The zero-order valence-corrected chi connectivity index (χ0v) is 12.9. The summed E-state index contributed by atoms with van der Waals surface area (Å²) >= 11 is 7.83. The molecule has 2 atom stereocenters. The predicted octanol–water partition coefficient (Wildman–Crippen LogP) is 5.27. The number of hydrogen-bond acceptors (Lipinski definition) is 2. The Labute approximate surface area is 127 Å². The molecule has 0 spiro atoms. The average molecular weight is 310 g/mol. The Morgan fingerprint density at radius 2 is 2.10 bits per heavy atom. The fourth-order valence-corrected chi connectivity index (χ4v) is 4.23. The minimum atomic E-state index is -0.189. The molecule has 1 aromatic carbocycles. The first-order chi connectivity index (χ1) is 9.63. The van der Waals surface area contributed by atoms with Crippen molar-refractivity contribution < 1.29 is 4.39 Å². The molecular formula is C16H17ClFNS. The molecule has 0 radical (unpaired) electrons. The molecule has 1 N–H and O–H groups in total. The van der Waals surface area contributed by atoms with Gasteiger partial charge in [0.15, 0.2) is 0 Å². The summed E-state index contributed by atoms with van der Waals surface area (Å²) in [4.78, 5) is 1.41. The largest absolute Gasteiger partial charge is 0.303 e. The molecule has 0 bridgehead atoms. The van der Waals surface area contributed by atoms with Gasteiger partial charge < -0.3 is 5.32 Å². The smallest absolute Gasteiger partial charge is 0.123 e. The van der Waals surface area contributed by atoms with Crippen LogP contribution < -0.4 is 5.32 Å². The van der Waals surface area contributed by atoms with Crippen LogP contribution in [0.5, 0.6) is 0 Å². The zero-order valence-electron chi connectivity index (χ0n) is 11.3. The summed E-state index contributed by atoms with van der Waals surface area (Å²) in [5.74, 6) is -0.189. The van der Waals surface area contributed by atoms with E-state index in [0.717, 1.165) is 22.7 Å². The minimum Gasteiger partial charge on any atom is -0.303 e. The average Bonchev–Trinajstić information content (AvgIpc) is 2.81. The lowest BCUT2D eigenvalue weighted by atomic mass is 9.93. The van der Waals surface area contributed by atoms with Crippen molar-refractivity contribution in [2.24, 2.45) is 0 Å². The van der Waals surface area contributed by atoms with Gasteiger partial charge in [0.25, 0.3) is 0 Å². The molecule has 0 saturated carbocycles. The van der Waals surface area contributed by atoms with E-state index >= 15 is 0 Å². The molecule has 0 aliphatic heterocycles. The van der Waals surface area contributed by atoms with Gasteiger partial charge in [0, 0.05) is 17.0 Å². The summed E-state index contributed by atoms with van der Waals surface area (Å²) in [7, 11) is 0. The number of nitrogens with one attached hydrogen (secondary N) is 1. The number of thiophene rings is 1. The van der Waals surface area contributed by atoms with E-state index in [2.05, 4.69) is 18.3 Å². The maximum Gasteiger partial charge on any atom is 0.123 e. The first kappa shape index (κ1) is 14.1. The molecule has 1 heterocycles. The second-order valence-electron chi connectivity index (χ2n) is 5.31. The third-order valence-electron chi connectivity index (χ3n) is 3.90. The van der Waals surface area contributed by atoms with Crippen LogP contribution in [0.3, 0.4) is 0 Å². The molecule has 20 heavy (non-hydrogen) atoms. The SMILES string of the molecule is CC(NC1CCCc2sc(Cl)cc21)c1ccc(F)cc1. The van der Waals surface area contributed by atoms with E-state index in [1.807, 2.05) is 12.1 Å². The van der Waals surface area contributed by atoms with E-state index < -0.39 is 0 Å². The maximum atomic E-state index is 13.0. The fourth-order valence-electron chi connectivity index (χ4n) is 2.84. The Bertz CT molecular complexity index is 593. The number of halogens is 2. The monoisotopic (exact) mass is 309 g/mol. The summed E-state index contributed by atoms with van der Waals surface area (Å²) in [5, 5.41) is 3.65. The topological polar surface area (TPSA) is 12.0 Å². The third-order valence-corrected chi connectivity index (χ3v) is 5.24. The van der Waals surface area contributed by atoms with E-state index in [-0.39, 0.29) is 11.9 Å². The van der Waals surface area contributed by atoms with Crippen molar-refractivity contribution >= 4 is 22.9 Å². The van der Waals surface area contributed by atoms with Crippen molar-refractivity contribution in [3.05, 3.63) is 56.5 Å². The van der Waals surface area contributed by atoms with Crippen LogP contribution >= 0.6 is 22.9 Å². The molecule has 2 aromatic rings. The van der Waals surface area contributed by atoms with Gasteiger partial charge >= 0.3 is 0 Å². The molecule has 0 fully saturated rings. The van der Waals surface area contributed by atoms with Gasteiger partial charge in [-0.2, -0.15) is 0 Å². The Morgan fingerprint density at radius 3 is 2.85 bits per heavy atom. The number of fused-ring (bicyclic) bond motifs is 1. The highest BCUT2D eigenvalue weighted by molar-refractivity contribution is 7.16. The molecule has 0 saturated heterocycles.